The van der Waals surface area contributed by atoms with Crippen LogP contribution in [0.4, 0.5) is 5.69 Å². The number of benzene rings is 1. The van der Waals surface area contributed by atoms with Crippen LogP contribution in [0.25, 0.3) is 11.4 Å². The summed E-state index contributed by atoms with van der Waals surface area (Å²) in [4.78, 5) is 13.8. The molecule has 0 saturated carbocycles. The molecule has 0 radical (unpaired) electrons. The lowest BCUT2D eigenvalue weighted by molar-refractivity contribution is -0.113. The third kappa shape index (κ3) is 5.14. The Labute approximate surface area is 184 Å². The summed E-state index contributed by atoms with van der Waals surface area (Å²) in [5.41, 5.74) is 1.68. The number of aromatic nitrogens is 3. The van der Waals surface area contributed by atoms with Crippen LogP contribution in [0.1, 0.15) is 25.1 Å². The number of hydrogen-bond donors (Lipinski definition) is 1. The van der Waals surface area contributed by atoms with Crippen molar-refractivity contribution in [2.45, 2.75) is 38.4 Å². The second-order valence-corrected chi connectivity index (χ2v) is 8.44. The predicted octanol–water partition coefficient (Wildman–Crippen LogP) is 4.73. The van der Waals surface area contributed by atoms with E-state index in [4.69, 9.17) is 9.47 Å². The molecule has 1 amide bonds. The van der Waals surface area contributed by atoms with E-state index < -0.39 is 0 Å². The number of aryl methyl sites for hydroxylation is 1. The molecule has 0 unspecified atom stereocenters. The van der Waals surface area contributed by atoms with Crippen LogP contribution in [-0.4, -0.2) is 40.6 Å². The van der Waals surface area contributed by atoms with Gasteiger partial charge in [0.15, 0.2) is 11.0 Å². The number of anilines is 1. The predicted molar refractivity (Wildman–Crippen MR) is 122 cm³/mol. The Morgan fingerprint density at radius 2 is 2.03 bits per heavy atom. The summed E-state index contributed by atoms with van der Waals surface area (Å²) in [6, 6.07) is 7.45. The smallest absolute Gasteiger partial charge is 0.234 e. The maximum atomic E-state index is 12.5. The van der Waals surface area contributed by atoms with Crippen LogP contribution in [0, 0.1) is 0 Å². The minimum Gasteiger partial charge on any atom is -0.497 e. The second-order valence-electron chi connectivity index (χ2n) is 6.51. The number of carbonyl (C=O) groups is 1. The van der Waals surface area contributed by atoms with Gasteiger partial charge in [0.1, 0.15) is 11.5 Å². The van der Waals surface area contributed by atoms with Crippen molar-refractivity contribution in [2.24, 2.45) is 0 Å². The Bertz CT molecular complexity index is 1000. The first-order valence-electron chi connectivity index (χ1n) is 9.75. The monoisotopic (exact) mass is 446 g/mol. The van der Waals surface area contributed by atoms with Crippen molar-refractivity contribution < 1.29 is 14.3 Å². The Morgan fingerprint density at radius 3 is 2.73 bits per heavy atom. The number of nitrogens with one attached hydrogen (secondary N) is 1. The molecular formula is C21H26N4O3S2. The van der Waals surface area contributed by atoms with Crippen LogP contribution >= 0.6 is 23.1 Å². The van der Waals surface area contributed by atoms with Crippen molar-refractivity contribution in [3.8, 4) is 22.9 Å². The summed E-state index contributed by atoms with van der Waals surface area (Å²) >= 11 is 3.12. The van der Waals surface area contributed by atoms with Gasteiger partial charge in [0.2, 0.25) is 5.91 Å². The Kier molecular flexibility index (Phi) is 7.75. The number of amides is 1. The first-order valence-corrected chi connectivity index (χ1v) is 11.6. The number of hydrogen-bond acceptors (Lipinski definition) is 7. The number of ether oxygens (including phenoxy) is 2. The Morgan fingerprint density at radius 1 is 1.20 bits per heavy atom. The van der Waals surface area contributed by atoms with E-state index in [9.17, 15) is 4.79 Å². The van der Waals surface area contributed by atoms with E-state index in [1.54, 1.807) is 43.8 Å². The zero-order valence-electron chi connectivity index (χ0n) is 17.6. The van der Waals surface area contributed by atoms with E-state index in [0.717, 1.165) is 35.9 Å². The van der Waals surface area contributed by atoms with Gasteiger partial charge in [0.25, 0.3) is 0 Å². The molecule has 3 aromatic rings. The SMILES string of the molecule is CCCc1cc(-c2nnc(SCC(=O)Nc3ccc(OC)cc3OC)n2CC)cs1. The van der Waals surface area contributed by atoms with E-state index in [1.807, 2.05) is 4.57 Å². The molecule has 30 heavy (non-hydrogen) atoms. The molecule has 7 nitrogen and oxygen atoms in total. The molecule has 9 heteroatoms. The normalized spacial score (nSPS) is 10.8. The highest BCUT2D eigenvalue weighted by Gasteiger charge is 2.16. The molecule has 0 aliphatic carbocycles. The largest absolute Gasteiger partial charge is 0.497 e. The summed E-state index contributed by atoms with van der Waals surface area (Å²) in [6.45, 7) is 4.96. The molecule has 3 rings (SSSR count). The van der Waals surface area contributed by atoms with Gasteiger partial charge in [0, 0.05) is 28.4 Å². The van der Waals surface area contributed by atoms with Crippen molar-refractivity contribution in [3.05, 3.63) is 34.5 Å². The Hall–Kier alpha value is -2.52. The first-order chi connectivity index (χ1) is 14.6. The van der Waals surface area contributed by atoms with Crippen LogP contribution < -0.4 is 14.8 Å². The number of thiophene rings is 1. The van der Waals surface area contributed by atoms with Crippen molar-refractivity contribution >= 4 is 34.7 Å². The lowest BCUT2D eigenvalue weighted by Crippen LogP contribution is -2.15. The fourth-order valence-electron chi connectivity index (χ4n) is 2.99. The maximum Gasteiger partial charge on any atom is 0.234 e. The molecule has 2 heterocycles. The quantitative estimate of drug-likeness (QED) is 0.454. The summed E-state index contributed by atoms with van der Waals surface area (Å²) in [5, 5.41) is 14.4. The number of rotatable bonds is 10. The van der Waals surface area contributed by atoms with E-state index in [1.165, 1.54) is 16.6 Å². The molecule has 0 atom stereocenters. The summed E-state index contributed by atoms with van der Waals surface area (Å²) < 4.78 is 12.6. The lowest BCUT2D eigenvalue weighted by Gasteiger charge is -2.11. The summed E-state index contributed by atoms with van der Waals surface area (Å²) in [6.07, 6.45) is 2.19. The Balaban J connectivity index is 1.67. The highest BCUT2D eigenvalue weighted by molar-refractivity contribution is 7.99. The molecule has 0 spiro atoms. The van der Waals surface area contributed by atoms with Crippen LogP contribution in [0.2, 0.25) is 0 Å². The van der Waals surface area contributed by atoms with Gasteiger partial charge in [-0.05, 0) is 31.5 Å². The van der Waals surface area contributed by atoms with Gasteiger partial charge < -0.3 is 19.4 Å². The van der Waals surface area contributed by atoms with E-state index in [0.29, 0.717) is 17.2 Å². The van der Waals surface area contributed by atoms with Gasteiger partial charge in [-0.1, -0.05) is 25.1 Å². The molecule has 0 aliphatic heterocycles. The van der Waals surface area contributed by atoms with E-state index in [2.05, 4.69) is 40.8 Å². The van der Waals surface area contributed by atoms with Crippen molar-refractivity contribution in [3.63, 3.8) is 0 Å². The van der Waals surface area contributed by atoms with E-state index >= 15 is 0 Å². The number of methoxy groups -OCH3 is 2. The molecule has 0 bridgehead atoms. The molecule has 1 aromatic carbocycles. The number of carbonyl (C=O) groups excluding carboxylic acids is 1. The standard InChI is InChI=1S/C21H26N4O3S2/c1-5-7-16-10-14(12-29-16)20-23-24-21(25(20)6-2)30-13-19(26)22-17-9-8-15(27-3)11-18(17)28-4/h8-12H,5-7,13H2,1-4H3,(H,22,26). The summed E-state index contributed by atoms with van der Waals surface area (Å²) in [7, 11) is 3.14. The van der Waals surface area contributed by atoms with E-state index in [-0.39, 0.29) is 11.7 Å². The average Bonchev–Trinajstić information content (AvgIpc) is 3.39. The lowest BCUT2D eigenvalue weighted by atomic mass is 10.2. The fourth-order valence-corrected chi connectivity index (χ4v) is 4.76. The topological polar surface area (TPSA) is 78.3 Å². The third-order valence-corrected chi connectivity index (χ3v) is 6.42. The number of thioether (sulfide) groups is 1. The molecule has 0 aliphatic rings. The summed E-state index contributed by atoms with van der Waals surface area (Å²) in [5.74, 6) is 2.13. The zero-order valence-corrected chi connectivity index (χ0v) is 19.2. The molecular weight excluding hydrogens is 420 g/mol. The van der Waals surface area contributed by atoms with Crippen molar-refractivity contribution in [1.82, 2.24) is 14.8 Å². The number of nitrogens with zero attached hydrogens (tertiary/aromatic N) is 3. The van der Waals surface area contributed by atoms with Gasteiger partial charge in [-0.3, -0.25) is 4.79 Å². The second kappa shape index (κ2) is 10.5. The van der Waals surface area contributed by atoms with Crippen LogP contribution in [0.5, 0.6) is 11.5 Å². The van der Waals surface area contributed by atoms with Gasteiger partial charge in [-0.25, -0.2) is 0 Å². The minimum absolute atomic E-state index is 0.142. The molecule has 2 aromatic heterocycles. The molecule has 0 saturated heterocycles. The highest BCUT2D eigenvalue weighted by Crippen LogP contribution is 2.30. The maximum absolute atomic E-state index is 12.5. The molecule has 160 valence electrons. The van der Waals surface area contributed by atoms with Crippen LogP contribution in [0.3, 0.4) is 0 Å². The van der Waals surface area contributed by atoms with Gasteiger partial charge in [-0.15, -0.1) is 21.5 Å². The minimum atomic E-state index is -0.142. The van der Waals surface area contributed by atoms with Gasteiger partial charge in [-0.2, -0.15) is 0 Å². The van der Waals surface area contributed by atoms with Crippen molar-refractivity contribution in [2.75, 3.05) is 25.3 Å². The van der Waals surface area contributed by atoms with Crippen LogP contribution in [-0.2, 0) is 17.8 Å². The molecule has 1 N–H and O–H groups in total. The molecule has 0 fully saturated rings. The average molecular weight is 447 g/mol. The van der Waals surface area contributed by atoms with Gasteiger partial charge >= 0.3 is 0 Å². The highest BCUT2D eigenvalue weighted by atomic mass is 32.2. The van der Waals surface area contributed by atoms with Crippen molar-refractivity contribution in [1.29, 1.82) is 0 Å². The zero-order chi connectivity index (χ0) is 21.5. The third-order valence-electron chi connectivity index (χ3n) is 4.46. The fraction of sp³-hybridized carbons (Fsp3) is 0.381. The first kappa shape index (κ1) is 22.2. The van der Waals surface area contributed by atoms with Crippen LogP contribution in [0.15, 0.2) is 34.8 Å². The van der Waals surface area contributed by atoms with Gasteiger partial charge in [0.05, 0.1) is 25.7 Å².